The Kier molecular flexibility index (Phi) is 8.91. The Morgan fingerprint density at radius 1 is 1.08 bits per heavy atom. The Labute approximate surface area is 290 Å². The molecule has 4 saturated heterocycles. The largest absolute Gasteiger partial charge is 0.467 e. The molecule has 0 spiro atoms. The van der Waals surface area contributed by atoms with Crippen LogP contribution in [-0.2, 0) is 18.0 Å². The number of methoxy groups -OCH3 is 1. The van der Waals surface area contributed by atoms with Crippen LogP contribution in [0.2, 0.25) is 0 Å². The molecule has 0 aliphatic carbocycles. The molecule has 10 nitrogen and oxygen atoms in total. The van der Waals surface area contributed by atoms with Gasteiger partial charge in [-0.15, -0.1) is 11.3 Å². The summed E-state index contributed by atoms with van der Waals surface area (Å²) in [4.78, 5) is 20.3. The number of ether oxygens (including phenoxy) is 2. The number of nitrogens with zero attached hydrogens (tertiary/aromatic N) is 7. The molecule has 50 heavy (non-hydrogen) atoms. The zero-order chi connectivity index (χ0) is 34.7. The summed E-state index contributed by atoms with van der Waals surface area (Å²) in [6.45, 7) is 4.04. The van der Waals surface area contributed by atoms with Crippen LogP contribution in [0, 0.1) is 23.0 Å². The normalized spacial score (nSPS) is 24.4. The van der Waals surface area contributed by atoms with Gasteiger partial charge in [-0.1, -0.05) is 0 Å². The number of hydrogen-bond acceptors (Lipinski definition) is 11. The van der Waals surface area contributed by atoms with Crippen LogP contribution in [0.25, 0.3) is 32.2 Å². The third-order valence-corrected chi connectivity index (χ3v) is 11.9. The second-order valence-electron chi connectivity index (χ2n) is 13.7. The maximum absolute atomic E-state index is 16.8. The van der Waals surface area contributed by atoms with Gasteiger partial charge in [0.1, 0.15) is 28.6 Å². The Morgan fingerprint density at radius 2 is 1.86 bits per heavy atom. The number of anilines is 2. The molecule has 1 aromatic carbocycles. The first kappa shape index (κ1) is 33.3. The third-order valence-electron chi connectivity index (χ3n) is 10.9. The summed E-state index contributed by atoms with van der Waals surface area (Å²) in [6.07, 6.45) is 6.21. The van der Waals surface area contributed by atoms with Crippen LogP contribution in [-0.4, -0.2) is 95.6 Å². The maximum atomic E-state index is 16.8. The number of nitrogen functional groups attached to an aromatic ring is 1. The van der Waals surface area contributed by atoms with Gasteiger partial charge in [0.05, 0.1) is 54.5 Å². The Balaban J connectivity index is 0.000000346. The lowest BCUT2D eigenvalue weighted by Crippen LogP contribution is -2.54. The van der Waals surface area contributed by atoms with Crippen LogP contribution in [0.4, 0.5) is 28.4 Å². The Hall–Kier alpha value is -3.84. The van der Waals surface area contributed by atoms with Gasteiger partial charge in [0.15, 0.2) is 11.6 Å². The summed E-state index contributed by atoms with van der Waals surface area (Å²) >= 11 is 0.931. The third kappa shape index (κ3) is 5.51. The fourth-order valence-corrected chi connectivity index (χ4v) is 9.65. The minimum Gasteiger partial charge on any atom is -0.467 e. The number of hydrogen-bond donors (Lipinski definition) is 1. The average Bonchev–Trinajstić information content (AvgIpc) is 3.94. The van der Waals surface area contributed by atoms with Gasteiger partial charge < -0.3 is 20.1 Å². The number of nitrogens with two attached hydrogens (primary N) is 1. The van der Waals surface area contributed by atoms with Gasteiger partial charge >= 0.3 is 6.01 Å². The summed E-state index contributed by atoms with van der Waals surface area (Å²) < 4.78 is 68.5. The molecule has 4 fully saturated rings. The van der Waals surface area contributed by atoms with Crippen molar-refractivity contribution in [2.24, 2.45) is 0 Å². The second-order valence-corrected chi connectivity index (χ2v) is 14.8. The van der Waals surface area contributed by atoms with E-state index < -0.39 is 17.8 Å². The van der Waals surface area contributed by atoms with Crippen LogP contribution in [0.1, 0.15) is 55.2 Å². The number of aromatic nitrogens is 3. The highest BCUT2D eigenvalue weighted by molar-refractivity contribution is 7.23. The van der Waals surface area contributed by atoms with E-state index in [0.29, 0.717) is 42.3 Å². The summed E-state index contributed by atoms with van der Waals surface area (Å²) in [5.74, 6) is -0.718. The fraction of sp³-hybridized carbons (Fsp3) is 0.543. The van der Waals surface area contributed by atoms with Crippen LogP contribution in [0.15, 0.2) is 6.20 Å². The predicted octanol–water partition coefficient (Wildman–Crippen LogP) is 5.88. The number of piperazine rings is 1. The van der Waals surface area contributed by atoms with Crippen LogP contribution < -0.4 is 15.4 Å². The minimum atomic E-state index is -0.672. The molecule has 3 aromatic heterocycles. The fourth-order valence-electron chi connectivity index (χ4n) is 8.73. The molecule has 0 amide bonds. The first-order chi connectivity index (χ1) is 24.3. The summed E-state index contributed by atoms with van der Waals surface area (Å²) in [6, 6.07) is 2.92. The lowest BCUT2D eigenvalue weighted by Gasteiger charge is -2.42. The maximum Gasteiger partial charge on any atom is 0.318 e. The molecule has 15 heteroatoms. The molecule has 264 valence electrons. The quantitative estimate of drug-likeness (QED) is 0.243. The van der Waals surface area contributed by atoms with E-state index in [9.17, 15) is 18.4 Å². The van der Waals surface area contributed by atoms with Crippen molar-refractivity contribution in [3.63, 3.8) is 0 Å². The Bertz CT molecular complexity index is 1980. The summed E-state index contributed by atoms with van der Waals surface area (Å²) in [7, 11) is 1.43. The molecule has 2 bridgehead atoms. The number of rotatable bonds is 6. The van der Waals surface area contributed by atoms with Crippen molar-refractivity contribution in [1.29, 1.82) is 5.26 Å². The number of thiophene rings is 1. The van der Waals surface area contributed by atoms with Gasteiger partial charge in [0.2, 0.25) is 0 Å². The minimum absolute atomic E-state index is 0.0187. The average molecular weight is 711 g/mol. The molecule has 5 aliphatic rings. The van der Waals surface area contributed by atoms with Crippen LogP contribution in [0.5, 0.6) is 6.01 Å². The highest BCUT2D eigenvalue weighted by Gasteiger charge is 2.43. The van der Waals surface area contributed by atoms with Crippen molar-refractivity contribution in [2.45, 2.75) is 76.0 Å². The molecule has 4 atom stereocenters. The van der Waals surface area contributed by atoms with Gasteiger partial charge in [-0.25, -0.2) is 13.2 Å². The van der Waals surface area contributed by atoms with Crippen molar-refractivity contribution >= 4 is 43.1 Å². The molecular weight excluding hydrogens is 672 g/mol. The zero-order valence-electron chi connectivity index (χ0n) is 27.7. The van der Waals surface area contributed by atoms with Crippen molar-refractivity contribution in [1.82, 2.24) is 24.8 Å². The van der Waals surface area contributed by atoms with Gasteiger partial charge in [-0.3, -0.25) is 19.2 Å². The van der Waals surface area contributed by atoms with Gasteiger partial charge in [-0.05, 0) is 56.2 Å². The molecule has 2 N–H and O–H groups in total. The van der Waals surface area contributed by atoms with Crippen molar-refractivity contribution < 1.29 is 27.0 Å². The van der Waals surface area contributed by atoms with E-state index in [4.69, 9.17) is 20.2 Å². The Morgan fingerprint density at radius 3 is 2.58 bits per heavy atom. The van der Waals surface area contributed by atoms with E-state index in [2.05, 4.69) is 24.7 Å². The van der Waals surface area contributed by atoms with E-state index in [1.54, 1.807) is 0 Å². The van der Waals surface area contributed by atoms with Crippen molar-refractivity contribution in [2.75, 3.05) is 57.1 Å². The monoisotopic (exact) mass is 710 g/mol. The number of alkyl halides is 2. The number of pyridine rings is 1. The smallest absolute Gasteiger partial charge is 0.318 e. The second kappa shape index (κ2) is 13.4. The molecule has 0 radical (unpaired) electrons. The van der Waals surface area contributed by atoms with Crippen molar-refractivity contribution in [3.05, 3.63) is 34.5 Å². The predicted molar refractivity (Wildman–Crippen MR) is 183 cm³/mol. The van der Waals surface area contributed by atoms with Crippen LogP contribution in [0.3, 0.4) is 0 Å². The number of likely N-dealkylation sites (tertiary alicyclic amines) is 1. The van der Waals surface area contributed by atoms with E-state index in [1.807, 2.05) is 6.07 Å². The molecule has 0 saturated carbocycles. The first-order valence-corrected chi connectivity index (χ1v) is 18.0. The molecule has 4 aromatic rings. The first-order valence-electron chi connectivity index (χ1n) is 17.2. The van der Waals surface area contributed by atoms with E-state index in [-0.39, 0.29) is 75.4 Å². The molecule has 4 unspecified atom stereocenters. The van der Waals surface area contributed by atoms with Crippen LogP contribution >= 0.6 is 11.3 Å². The summed E-state index contributed by atoms with van der Waals surface area (Å²) in [5, 5.41) is 10.7. The standard InChI is InChI=1S/C28H26F3N7O2S.C7H12FN/c1-39-28-35-24-21(27(36-28)38-13-3-4-14(38)10-37(9-13)6-2-5-29)17-12-40-11-16(17)19(22(24)31)23-20-15(7-32)26(33)41-25(20)18(30)8-34-23;8-6-4-7-2-1-3-9(7)5-6/h8,13-14H,2-6,9-12,33H2,1H3;6-7H,1-5H2. The number of fused-ring (bicyclic) bond motifs is 7. The highest BCUT2D eigenvalue weighted by atomic mass is 32.1. The van der Waals surface area contributed by atoms with E-state index in [0.717, 1.165) is 62.0 Å². The number of benzene rings is 1. The SMILES string of the molecule is COc1nc(N2C3CCC2CN(CCCF)C3)c2c3c(c(-c4ncc(F)c5sc(N)c(C#N)c45)c(F)c2n1)COC3.FC1CC2CCCN2C1. The number of nitriles is 1. The van der Waals surface area contributed by atoms with Gasteiger partial charge in [-0.2, -0.15) is 15.2 Å². The van der Waals surface area contributed by atoms with Crippen molar-refractivity contribution in [3.8, 4) is 23.3 Å². The lowest BCUT2D eigenvalue weighted by atomic mass is 9.93. The zero-order valence-corrected chi connectivity index (χ0v) is 28.5. The summed E-state index contributed by atoms with van der Waals surface area (Å²) in [5.41, 5.74) is 7.67. The molecule has 8 heterocycles. The van der Waals surface area contributed by atoms with Gasteiger partial charge in [0, 0.05) is 55.3 Å². The highest BCUT2D eigenvalue weighted by Crippen LogP contribution is 2.48. The molecule has 5 aliphatic heterocycles. The topological polar surface area (TPSA) is 117 Å². The number of halogens is 4. The molecule has 9 rings (SSSR count). The van der Waals surface area contributed by atoms with E-state index >= 15 is 4.39 Å². The molecular formula is C35H38F4N8O2S. The van der Waals surface area contributed by atoms with E-state index in [1.165, 1.54) is 20.0 Å². The lowest BCUT2D eigenvalue weighted by molar-refractivity contribution is 0.135. The van der Waals surface area contributed by atoms with Gasteiger partial charge in [0.25, 0.3) is 0 Å².